The lowest BCUT2D eigenvalue weighted by Gasteiger charge is -2.26. The Morgan fingerprint density at radius 2 is 1.77 bits per heavy atom. The van der Waals surface area contributed by atoms with Crippen LogP contribution in [-0.4, -0.2) is 29.0 Å². The molecule has 1 amide bonds. The second kappa shape index (κ2) is 8.63. The molecule has 6 nitrogen and oxygen atoms in total. The van der Waals surface area contributed by atoms with Crippen LogP contribution in [0.4, 0.5) is 18.9 Å². The number of carbonyl (C=O) groups excluding carboxylic acids is 2. The molecule has 162 valence electrons. The molecule has 3 aromatic rings. The quantitative estimate of drug-likeness (QED) is 0.544. The van der Waals surface area contributed by atoms with Crippen LogP contribution in [0.25, 0.3) is 11.3 Å². The van der Waals surface area contributed by atoms with Crippen LogP contribution in [0.2, 0.25) is 0 Å². The summed E-state index contributed by atoms with van der Waals surface area (Å²) < 4.78 is 52.3. The first-order chi connectivity index (χ1) is 14.5. The van der Waals surface area contributed by atoms with Crippen molar-refractivity contribution in [3.8, 4) is 11.3 Å². The summed E-state index contributed by atoms with van der Waals surface area (Å²) in [5, 5.41) is 0. The molecule has 0 spiro atoms. The van der Waals surface area contributed by atoms with E-state index in [1.165, 1.54) is 24.7 Å². The fourth-order valence-electron chi connectivity index (χ4n) is 2.85. The topological polar surface area (TPSA) is 72.6 Å². The summed E-state index contributed by atoms with van der Waals surface area (Å²) in [6.45, 7) is 4.29. The molecule has 2 aromatic carbocycles. The lowest BCUT2D eigenvalue weighted by atomic mass is 10.1. The number of ether oxygens (including phenoxy) is 1. The average molecular weight is 432 g/mol. The van der Waals surface area contributed by atoms with Crippen LogP contribution in [0.1, 0.15) is 31.1 Å². The number of amides is 1. The Morgan fingerprint density at radius 1 is 1.10 bits per heavy atom. The lowest BCUT2D eigenvalue weighted by Crippen LogP contribution is -2.39. The van der Waals surface area contributed by atoms with E-state index in [1.807, 2.05) is 0 Å². The van der Waals surface area contributed by atoms with Gasteiger partial charge in [0, 0.05) is 23.4 Å². The maximum absolute atomic E-state index is 14.3. The number of esters is 1. The van der Waals surface area contributed by atoms with Crippen molar-refractivity contribution in [1.29, 1.82) is 0 Å². The van der Waals surface area contributed by atoms with E-state index in [2.05, 4.69) is 4.98 Å². The third-order valence-corrected chi connectivity index (χ3v) is 4.05. The Hall–Kier alpha value is -3.62. The number of anilines is 1. The van der Waals surface area contributed by atoms with Crippen molar-refractivity contribution in [2.75, 3.05) is 11.4 Å². The molecule has 9 heteroatoms. The summed E-state index contributed by atoms with van der Waals surface area (Å²) in [5.41, 5.74) is -1.18. The van der Waals surface area contributed by atoms with Crippen LogP contribution < -0.4 is 4.90 Å². The number of hydrogen-bond acceptors (Lipinski definition) is 5. The van der Waals surface area contributed by atoms with Gasteiger partial charge in [0.05, 0.1) is 6.20 Å². The maximum Gasteiger partial charge on any atom is 0.326 e. The average Bonchev–Trinajstić information content (AvgIpc) is 3.18. The lowest BCUT2D eigenvalue weighted by molar-refractivity contribution is -0.152. The number of halogens is 3. The number of aromatic nitrogens is 1. The van der Waals surface area contributed by atoms with Gasteiger partial charge in [-0.3, -0.25) is 14.5 Å². The molecule has 0 radical (unpaired) electrons. The standard InChI is InChI=1S/C22H19F3N2O4/c1-22(2,3)31-19(28)11-27(21(29)20-16(24)8-14(23)9-17(20)25)15-6-4-5-13(7-15)18-10-26-12-30-18/h4-10,12H,11H2,1-3H3. The molecule has 0 aliphatic rings. The van der Waals surface area contributed by atoms with Crippen molar-refractivity contribution in [3.05, 3.63) is 72.0 Å². The monoisotopic (exact) mass is 432 g/mol. The van der Waals surface area contributed by atoms with E-state index >= 15 is 0 Å². The second-order valence-electron chi connectivity index (χ2n) is 7.64. The van der Waals surface area contributed by atoms with Gasteiger partial charge in [0.1, 0.15) is 35.2 Å². The van der Waals surface area contributed by atoms with E-state index in [1.54, 1.807) is 32.9 Å². The first kappa shape index (κ1) is 22.1. The van der Waals surface area contributed by atoms with Crippen LogP contribution in [0.15, 0.2) is 53.4 Å². The first-order valence-corrected chi connectivity index (χ1v) is 9.22. The molecule has 0 aliphatic heterocycles. The Bertz CT molecular complexity index is 1090. The van der Waals surface area contributed by atoms with E-state index in [-0.39, 0.29) is 5.69 Å². The SMILES string of the molecule is CC(C)(C)OC(=O)CN(C(=O)c1c(F)cc(F)cc1F)c1cccc(-c2cnco2)c1. The molecule has 0 unspecified atom stereocenters. The van der Waals surface area contributed by atoms with Crippen molar-refractivity contribution >= 4 is 17.6 Å². The van der Waals surface area contributed by atoms with Crippen LogP contribution in [-0.2, 0) is 9.53 Å². The highest BCUT2D eigenvalue weighted by Gasteiger charge is 2.29. The number of nitrogens with zero attached hydrogens (tertiary/aromatic N) is 2. The number of hydrogen-bond donors (Lipinski definition) is 0. The van der Waals surface area contributed by atoms with Gasteiger partial charge in [0.2, 0.25) is 0 Å². The van der Waals surface area contributed by atoms with Gasteiger partial charge in [0.25, 0.3) is 5.91 Å². The fraction of sp³-hybridized carbons (Fsp3) is 0.227. The minimum Gasteiger partial charge on any atom is -0.459 e. The number of rotatable bonds is 5. The summed E-state index contributed by atoms with van der Waals surface area (Å²) in [4.78, 5) is 30.2. The molecule has 0 bridgehead atoms. The third-order valence-electron chi connectivity index (χ3n) is 4.05. The smallest absolute Gasteiger partial charge is 0.326 e. The highest BCUT2D eigenvalue weighted by Crippen LogP contribution is 2.27. The second-order valence-corrected chi connectivity index (χ2v) is 7.64. The van der Waals surface area contributed by atoms with Crippen LogP contribution in [0, 0.1) is 17.5 Å². The maximum atomic E-state index is 14.3. The molecular formula is C22H19F3N2O4. The summed E-state index contributed by atoms with van der Waals surface area (Å²) >= 11 is 0. The van der Waals surface area contributed by atoms with E-state index in [0.717, 1.165) is 4.90 Å². The van der Waals surface area contributed by atoms with Crippen molar-refractivity contribution in [3.63, 3.8) is 0 Å². The van der Waals surface area contributed by atoms with Gasteiger partial charge in [0.15, 0.2) is 12.2 Å². The highest BCUT2D eigenvalue weighted by molar-refractivity contribution is 6.08. The molecule has 0 fully saturated rings. The number of oxazole rings is 1. The minimum absolute atomic E-state index is 0.146. The summed E-state index contributed by atoms with van der Waals surface area (Å²) in [6, 6.07) is 6.99. The van der Waals surface area contributed by atoms with E-state index in [0.29, 0.717) is 23.5 Å². The Kier molecular flexibility index (Phi) is 6.14. The van der Waals surface area contributed by atoms with Gasteiger partial charge in [-0.05, 0) is 32.9 Å². The fourth-order valence-corrected chi connectivity index (χ4v) is 2.85. The third kappa shape index (κ3) is 5.30. The largest absolute Gasteiger partial charge is 0.459 e. The molecular weight excluding hydrogens is 413 g/mol. The summed E-state index contributed by atoms with van der Waals surface area (Å²) in [7, 11) is 0. The zero-order valence-corrected chi connectivity index (χ0v) is 17.0. The molecule has 1 aromatic heterocycles. The molecule has 0 atom stereocenters. The number of benzene rings is 2. The zero-order valence-electron chi connectivity index (χ0n) is 17.0. The Morgan fingerprint density at radius 3 is 2.35 bits per heavy atom. The molecule has 0 aliphatic carbocycles. The first-order valence-electron chi connectivity index (χ1n) is 9.22. The van der Waals surface area contributed by atoms with Gasteiger partial charge >= 0.3 is 5.97 Å². The van der Waals surface area contributed by atoms with Crippen LogP contribution in [0.3, 0.4) is 0 Å². The van der Waals surface area contributed by atoms with Gasteiger partial charge < -0.3 is 9.15 Å². The Balaban J connectivity index is 2.05. The van der Waals surface area contributed by atoms with Crippen LogP contribution in [0.5, 0.6) is 0 Å². The molecule has 0 N–H and O–H groups in total. The van der Waals surface area contributed by atoms with E-state index < -0.39 is 47.0 Å². The molecule has 0 saturated carbocycles. The highest BCUT2D eigenvalue weighted by atomic mass is 19.1. The van der Waals surface area contributed by atoms with E-state index in [9.17, 15) is 22.8 Å². The molecule has 0 saturated heterocycles. The predicted molar refractivity (Wildman–Crippen MR) is 106 cm³/mol. The normalized spacial score (nSPS) is 11.3. The van der Waals surface area contributed by atoms with Gasteiger partial charge in [-0.25, -0.2) is 18.2 Å². The minimum atomic E-state index is -1.39. The van der Waals surface area contributed by atoms with Crippen molar-refractivity contribution in [1.82, 2.24) is 4.98 Å². The Labute approximate surface area is 176 Å². The molecule has 31 heavy (non-hydrogen) atoms. The van der Waals surface area contributed by atoms with Crippen LogP contribution >= 0.6 is 0 Å². The molecule has 1 heterocycles. The van der Waals surface area contributed by atoms with Crippen molar-refractivity contribution < 1.29 is 31.9 Å². The van der Waals surface area contributed by atoms with Crippen molar-refractivity contribution in [2.24, 2.45) is 0 Å². The van der Waals surface area contributed by atoms with Gasteiger partial charge in [-0.15, -0.1) is 0 Å². The number of carbonyl (C=O) groups is 2. The van der Waals surface area contributed by atoms with Crippen molar-refractivity contribution in [2.45, 2.75) is 26.4 Å². The zero-order chi connectivity index (χ0) is 22.8. The van der Waals surface area contributed by atoms with Gasteiger partial charge in [-0.1, -0.05) is 12.1 Å². The predicted octanol–water partition coefficient (Wildman–Crippen LogP) is 4.75. The summed E-state index contributed by atoms with van der Waals surface area (Å²) in [5.74, 6) is -5.53. The van der Waals surface area contributed by atoms with Gasteiger partial charge in [-0.2, -0.15) is 0 Å². The molecule has 3 rings (SSSR count). The summed E-state index contributed by atoms with van der Waals surface area (Å²) in [6.07, 6.45) is 2.66. The van der Waals surface area contributed by atoms with E-state index in [4.69, 9.17) is 9.15 Å².